The number of imidazole rings is 1. The average Bonchev–Trinajstić information content (AvgIpc) is 3.13. The minimum absolute atomic E-state index is 0.270. The summed E-state index contributed by atoms with van der Waals surface area (Å²) in [5, 5.41) is 3.41. The summed E-state index contributed by atoms with van der Waals surface area (Å²) in [6.45, 7) is 6.89. The van der Waals surface area contributed by atoms with E-state index in [9.17, 15) is 0 Å². The minimum Gasteiger partial charge on any atom is -0.383 e. The number of hydrogen-bond donors (Lipinski definition) is 1. The van der Waals surface area contributed by atoms with Gasteiger partial charge in [-0.25, -0.2) is 4.98 Å². The first kappa shape index (κ1) is 14.3. The minimum atomic E-state index is 0.270. The maximum absolute atomic E-state index is 5.15. The molecule has 1 fully saturated rings. The third-order valence-corrected chi connectivity index (χ3v) is 3.55. The Morgan fingerprint density at radius 3 is 2.95 bits per heavy atom. The number of aromatic nitrogens is 2. The van der Waals surface area contributed by atoms with Crippen molar-refractivity contribution >= 4 is 5.95 Å². The van der Waals surface area contributed by atoms with E-state index in [1.807, 2.05) is 6.92 Å². The van der Waals surface area contributed by atoms with Gasteiger partial charge in [0.25, 0.3) is 0 Å². The lowest BCUT2D eigenvalue weighted by atomic mass is 10.4. The van der Waals surface area contributed by atoms with Crippen LogP contribution in [0.3, 0.4) is 0 Å². The van der Waals surface area contributed by atoms with Gasteiger partial charge in [0.2, 0.25) is 5.95 Å². The van der Waals surface area contributed by atoms with Crippen molar-refractivity contribution in [2.24, 2.45) is 0 Å². The molecule has 19 heavy (non-hydrogen) atoms. The Morgan fingerprint density at radius 2 is 2.32 bits per heavy atom. The quantitative estimate of drug-likeness (QED) is 0.778. The fraction of sp³-hybridized carbons (Fsp3) is 0.786. The van der Waals surface area contributed by atoms with E-state index in [2.05, 4.69) is 39.9 Å². The lowest BCUT2D eigenvalue weighted by molar-refractivity contribution is 0.190. The summed E-state index contributed by atoms with van der Waals surface area (Å²) in [5.41, 5.74) is 1.06. The van der Waals surface area contributed by atoms with Crippen molar-refractivity contribution in [1.29, 1.82) is 0 Å². The van der Waals surface area contributed by atoms with Crippen LogP contribution < -0.4 is 5.32 Å². The Kier molecular flexibility index (Phi) is 4.82. The van der Waals surface area contributed by atoms with Gasteiger partial charge in [-0.2, -0.15) is 0 Å². The predicted molar refractivity (Wildman–Crippen MR) is 77.6 cm³/mol. The van der Waals surface area contributed by atoms with Crippen LogP contribution in [0.15, 0.2) is 6.20 Å². The average molecular weight is 266 g/mol. The highest BCUT2D eigenvalue weighted by molar-refractivity contribution is 5.30. The molecule has 0 spiro atoms. The molecule has 1 aromatic rings. The van der Waals surface area contributed by atoms with Crippen molar-refractivity contribution in [2.45, 2.75) is 45.3 Å². The molecule has 1 aliphatic rings. The summed E-state index contributed by atoms with van der Waals surface area (Å²) in [6.07, 6.45) is 4.83. The fourth-order valence-electron chi connectivity index (χ4n) is 2.31. The number of nitrogens with zero attached hydrogens (tertiary/aromatic N) is 3. The van der Waals surface area contributed by atoms with Crippen LogP contribution in [0.2, 0.25) is 0 Å². The Bertz CT molecular complexity index is 400. The Morgan fingerprint density at radius 1 is 1.58 bits per heavy atom. The van der Waals surface area contributed by atoms with E-state index >= 15 is 0 Å². The molecule has 1 aromatic heterocycles. The molecule has 0 aliphatic heterocycles. The zero-order valence-electron chi connectivity index (χ0n) is 12.5. The third kappa shape index (κ3) is 4.21. The number of rotatable bonds is 8. The molecule has 5 heteroatoms. The molecule has 0 saturated heterocycles. The molecule has 0 aromatic carbocycles. The Hall–Kier alpha value is -1.07. The van der Waals surface area contributed by atoms with Crippen LogP contribution in [-0.2, 0) is 11.3 Å². The SMILES string of the molecule is COCC(C)Nc1nc(C)cn1CCN(C)C1CC1. The fourth-order valence-corrected chi connectivity index (χ4v) is 2.31. The molecule has 1 unspecified atom stereocenters. The molecule has 0 radical (unpaired) electrons. The predicted octanol–water partition coefficient (Wildman–Crippen LogP) is 1.73. The molecule has 5 nitrogen and oxygen atoms in total. The molecule has 2 rings (SSSR count). The number of aryl methyl sites for hydroxylation is 1. The summed E-state index contributed by atoms with van der Waals surface area (Å²) in [6, 6.07) is 1.08. The van der Waals surface area contributed by atoms with Gasteiger partial charge in [-0.05, 0) is 33.7 Å². The first-order chi connectivity index (χ1) is 9.10. The normalized spacial score (nSPS) is 16.9. The number of likely N-dealkylation sites (N-methyl/N-ethyl adjacent to an activating group) is 1. The maximum Gasteiger partial charge on any atom is 0.203 e. The standard InChI is InChI=1S/C14H26N4O/c1-11-9-18(8-7-17(3)13-5-6-13)14(15-11)16-12(2)10-19-4/h9,12-13H,5-8,10H2,1-4H3,(H,15,16). The molecule has 0 amide bonds. The molecule has 1 aliphatic carbocycles. The molecule has 1 N–H and O–H groups in total. The summed E-state index contributed by atoms with van der Waals surface area (Å²) in [4.78, 5) is 6.99. The third-order valence-electron chi connectivity index (χ3n) is 3.55. The van der Waals surface area contributed by atoms with Crippen LogP contribution >= 0.6 is 0 Å². The van der Waals surface area contributed by atoms with E-state index < -0.39 is 0 Å². The van der Waals surface area contributed by atoms with Crippen LogP contribution in [0.1, 0.15) is 25.5 Å². The molecule has 1 saturated carbocycles. The first-order valence-electron chi connectivity index (χ1n) is 7.09. The Balaban J connectivity index is 1.90. The van der Waals surface area contributed by atoms with E-state index in [1.54, 1.807) is 7.11 Å². The summed E-state index contributed by atoms with van der Waals surface area (Å²) < 4.78 is 7.36. The van der Waals surface area contributed by atoms with Crippen molar-refractivity contribution in [1.82, 2.24) is 14.5 Å². The highest BCUT2D eigenvalue weighted by atomic mass is 16.5. The van der Waals surface area contributed by atoms with Gasteiger partial charge in [0.15, 0.2) is 0 Å². The number of hydrogen-bond acceptors (Lipinski definition) is 4. The molecule has 1 atom stereocenters. The molecule has 0 bridgehead atoms. The lowest BCUT2D eigenvalue weighted by Crippen LogP contribution is -2.27. The van der Waals surface area contributed by atoms with E-state index in [0.717, 1.165) is 30.8 Å². The monoisotopic (exact) mass is 266 g/mol. The molecular formula is C14H26N4O. The van der Waals surface area contributed by atoms with Gasteiger partial charge in [0, 0.05) is 38.5 Å². The van der Waals surface area contributed by atoms with Crippen molar-refractivity contribution in [3.63, 3.8) is 0 Å². The van der Waals surface area contributed by atoms with Gasteiger partial charge in [-0.3, -0.25) is 0 Å². The van der Waals surface area contributed by atoms with Crippen molar-refractivity contribution in [3.8, 4) is 0 Å². The first-order valence-corrected chi connectivity index (χ1v) is 7.09. The van der Waals surface area contributed by atoms with Crippen molar-refractivity contribution < 1.29 is 4.74 Å². The molecular weight excluding hydrogens is 240 g/mol. The highest BCUT2D eigenvalue weighted by Crippen LogP contribution is 2.25. The maximum atomic E-state index is 5.15. The van der Waals surface area contributed by atoms with Crippen LogP contribution in [0, 0.1) is 6.92 Å². The van der Waals surface area contributed by atoms with Gasteiger partial charge in [-0.1, -0.05) is 0 Å². The second-order valence-corrected chi connectivity index (χ2v) is 5.61. The van der Waals surface area contributed by atoms with Gasteiger partial charge < -0.3 is 19.5 Å². The zero-order valence-corrected chi connectivity index (χ0v) is 12.5. The van der Waals surface area contributed by atoms with Gasteiger partial charge in [-0.15, -0.1) is 0 Å². The van der Waals surface area contributed by atoms with E-state index in [4.69, 9.17) is 4.74 Å². The summed E-state index contributed by atoms with van der Waals surface area (Å²) in [7, 11) is 3.93. The van der Waals surface area contributed by atoms with E-state index in [-0.39, 0.29) is 6.04 Å². The van der Waals surface area contributed by atoms with Crippen molar-refractivity contribution in [3.05, 3.63) is 11.9 Å². The van der Waals surface area contributed by atoms with Crippen LogP contribution in [-0.4, -0.2) is 53.8 Å². The number of anilines is 1. The molecule has 1 heterocycles. The van der Waals surface area contributed by atoms with E-state index in [1.165, 1.54) is 12.8 Å². The number of methoxy groups -OCH3 is 1. The molecule has 108 valence electrons. The smallest absolute Gasteiger partial charge is 0.203 e. The van der Waals surface area contributed by atoms with Gasteiger partial charge in [0.05, 0.1) is 12.3 Å². The lowest BCUT2D eigenvalue weighted by Gasteiger charge is -2.18. The second-order valence-electron chi connectivity index (χ2n) is 5.61. The number of nitrogens with one attached hydrogen (secondary N) is 1. The van der Waals surface area contributed by atoms with E-state index in [0.29, 0.717) is 6.61 Å². The van der Waals surface area contributed by atoms with Crippen molar-refractivity contribution in [2.75, 3.05) is 32.6 Å². The zero-order chi connectivity index (χ0) is 13.8. The van der Waals surface area contributed by atoms with Gasteiger partial charge in [0.1, 0.15) is 0 Å². The van der Waals surface area contributed by atoms with Crippen LogP contribution in [0.4, 0.5) is 5.95 Å². The summed E-state index contributed by atoms with van der Waals surface area (Å²) >= 11 is 0. The van der Waals surface area contributed by atoms with Gasteiger partial charge >= 0.3 is 0 Å². The van der Waals surface area contributed by atoms with Crippen LogP contribution in [0.25, 0.3) is 0 Å². The number of ether oxygens (including phenoxy) is 1. The summed E-state index contributed by atoms with van der Waals surface area (Å²) in [5.74, 6) is 0.950. The topological polar surface area (TPSA) is 42.3 Å². The largest absolute Gasteiger partial charge is 0.383 e. The second kappa shape index (κ2) is 6.39. The highest BCUT2D eigenvalue weighted by Gasteiger charge is 2.25. The Labute approximate surface area is 116 Å². The van der Waals surface area contributed by atoms with Crippen LogP contribution in [0.5, 0.6) is 0 Å².